The molecule has 1 aliphatic heterocycles. The molecule has 0 aromatic heterocycles. The van der Waals surface area contributed by atoms with E-state index in [1.165, 1.54) is 25.7 Å². The Balaban J connectivity index is 0.000000269. The summed E-state index contributed by atoms with van der Waals surface area (Å²) >= 11 is 0. The molecule has 138 valence electrons. The van der Waals surface area contributed by atoms with Gasteiger partial charge in [-0.2, -0.15) is 0 Å². The van der Waals surface area contributed by atoms with Crippen molar-refractivity contribution in [1.29, 1.82) is 0 Å². The van der Waals surface area contributed by atoms with Crippen molar-refractivity contribution in [3.05, 3.63) is 24.3 Å². The number of ether oxygens (including phenoxy) is 2. The Morgan fingerprint density at radius 1 is 1.20 bits per heavy atom. The van der Waals surface area contributed by atoms with E-state index in [1.807, 2.05) is 0 Å². The van der Waals surface area contributed by atoms with Crippen LogP contribution in [-0.2, 0) is 23.9 Å². The van der Waals surface area contributed by atoms with Crippen molar-refractivity contribution in [2.75, 3.05) is 6.61 Å². The van der Waals surface area contributed by atoms with Crippen LogP contribution in [0.1, 0.15) is 52.9 Å². The molecule has 3 unspecified atom stereocenters. The van der Waals surface area contributed by atoms with Crippen LogP contribution in [0.4, 0.5) is 0 Å². The molecule has 0 aromatic rings. The van der Waals surface area contributed by atoms with Gasteiger partial charge in [0.05, 0.1) is 6.61 Å². The van der Waals surface area contributed by atoms with E-state index in [-0.39, 0.29) is 11.4 Å². The van der Waals surface area contributed by atoms with E-state index in [9.17, 15) is 14.4 Å². The molecule has 0 aromatic carbocycles. The van der Waals surface area contributed by atoms with Gasteiger partial charge < -0.3 is 9.47 Å². The fourth-order valence-corrected chi connectivity index (χ4v) is 3.88. The summed E-state index contributed by atoms with van der Waals surface area (Å²) in [5.74, 6) is 1.01. The van der Waals surface area contributed by atoms with Gasteiger partial charge in [0.25, 0.3) is 0 Å². The van der Waals surface area contributed by atoms with Crippen molar-refractivity contribution in [2.45, 2.75) is 52.9 Å². The molecule has 3 atom stereocenters. The highest BCUT2D eigenvalue weighted by molar-refractivity contribution is 6.04. The van der Waals surface area contributed by atoms with Gasteiger partial charge in [0.15, 0.2) is 0 Å². The lowest BCUT2D eigenvalue weighted by Gasteiger charge is -2.22. The minimum absolute atomic E-state index is 0.0997. The van der Waals surface area contributed by atoms with Crippen LogP contribution in [0.3, 0.4) is 0 Å². The minimum Gasteiger partial charge on any atom is -0.462 e. The molecule has 0 amide bonds. The summed E-state index contributed by atoms with van der Waals surface area (Å²) in [7, 11) is 0. The number of esters is 3. The second-order valence-corrected chi connectivity index (χ2v) is 8.45. The average molecular weight is 348 g/mol. The molecule has 25 heavy (non-hydrogen) atoms. The molecule has 5 heteroatoms. The van der Waals surface area contributed by atoms with Gasteiger partial charge in [-0.3, -0.25) is 0 Å². The van der Waals surface area contributed by atoms with Gasteiger partial charge in [0.2, 0.25) is 0 Å². The van der Waals surface area contributed by atoms with Crippen LogP contribution in [0, 0.1) is 23.2 Å². The molecule has 0 N–H and O–H groups in total. The first-order chi connectivity index (χ1) is 11.6. The van der Waals surface area contributed by atoms with E-state index in [0.29, 0.717) is 24.5 Å². The van der Waals surface area contributed by atoms with E-state index in [2.05, 4.69) is 32.1 Å². The molecule has 1 heterocycles. The molecular formula is C20H28O5. The van der Waals surface area contributed by atoms with Crippen molar-refractivity contribution in [3.8, 4) is 0 Å². The van der Waals surface area contributed by atoms with Crippen molar-refractivity contribution in [2.24, 2.45) is 23.2 Å². The molecule has 0 spiro atoms. The van der Waals surface area contributed by atoms with Gasteiger partial charge in [-0.1, -0.05) is 33.8 Å². The average Bonchev–Trinajstić information content (AvgIpc) is 3.20. The second-order valence-electron chi connectivity index (χ2n) is 8.45. The number of fused-ring (bicyclic) bond motifs is 2. The van der Waals surface area contributed by atoms with Crippen molar-refractivity contribution >= 4 is 17.9 Å². The zero-order chi connectivity index (χ0) is 18.6. The predicted molar refractivity (Wildman–Crippen MR) is 93.3 cm³/mol. The zero-order valence-electron chi connectivity index (χ0n) is 15.4. The first-order valence-corrected chi connectivity index (χ1v) is 8.93. The maximum atomic E-state index is 11.9. The van der Waals surface area contributed by atoms with E-state index < -0.39 is 11.9 Å². The maximum Gasteiger partial charge on any atom is 0.338 e. The van der Waals surface area contributed by atoms with E-state index in [1.54, 1.807) is 0 Å². The van der Waals surface area contributed by atoms with Crippen LogP contribution < -0.4 is 0 Å². The standard InChI is InChI=1S/C16H26O2.C4H2O3/c1-11(9-16(2,3)4)15(17)18-10-14-8-12-5-6-13(14)7-12;5-3-1-2-4(6)7-3/h12-14H,1,5-10H2,2-4H3;1-2H. The number of carbonyl (C=O) groups excluding carboxylic acids is 3. The maximum absolute atomic E-state index is 11.9. The molecule has 0 saturated heterocycles. The van der Waals surface area contributed by atoms with Gasteiger partial charge >= 0.3 is 17.9 Å². The van der Waals surface area contributed by atoms with Gasteiger partial charge in [-0.25, -0.2) is 14.4 Å². The Labute approximate surface area is 149 Å². The quantitative estimate of drug-likeness (QED) is 0.441. The third-order valence-corrected chi connectivity index (χ3v) is 4.90. The van der Waals surface area contributed by atoms with Crippen molar-refractivity contribution in [3.63, 3.8) is 0 Å². The highest BCUT2D eigenvalue weighted by Crippen LogP contribution is 2.48. The summed E-state index contributed by atoms with van der Waals surface area (Å²) in [6, 6.07) is 0. The number of hydrogen-bond acceptors (Lipinski definition) is 5. The van der Waals surface area contributed by atoms with Crippen LogP contribution in [0.25, 0.3) is 0 Å². The van der Waals surface area contributed by atoms with Crippen LogP contribution >= 0.6 is 0 Å². The number of carbonyl (C=O) groups is 3. The summed E-state index contributed by atoms with van der Waals surface area (Å²) in [6.45, 7) is 10.8. The predicted octanol–water partition coefficient (Wildman–Crippen LogP) is 3.58. The highest BCUT2D eigenvalue weighted by Gasteiger charge is 2.39. The summed E-state index contributed by atoms with van der Waals surface area (Å²) in [4.78, 5) is 31.7. The van der Waals surface area contributed by atoms with Crippen LogP contribution in [0.5, 0.6) is 0 Å². The normalized spacial score (nSPS) is 26.9. The fourth-order valence-electron chi connectivity index (χ4n) is 3.88. The van der Waals surface area contributed by atoms with E-state index >= 15 is 0 Å². The first-order valence-electron chi connectivity index (χ1n) is 8.93. The lowest BCUT2D eigenvalue weighted by molar-refractivity contribution is -0.150. The van der Waals surface area contributed by atoms with Crippen molar-refractivity contribution < 1.29 is 23.9 Å². The van der Waals surface area contributed by atoms with Gasteiger partial charge in [-0.15, -0.1) is 0 Å². The Bertz CT molecular complexity index is 565. The molecule has 2 bridgehead atoms. The Kier molecular flexibility index (Phi) is 6.20. The molecule has 3 aliphatic rings. The third-order valence-electron chi connectivity index (χ3n) is 4.90. The van der Waals surface area contributed by atoms with Crippen molar-refractivity contribution in [1.82, 2.24) is 0 Å². The molecule has 0 radical (unpaired) electrons. The molecule has 2 saturated carbocycles. The summed E-state index contributed by atoms with van der Waals surface area (Å²) in [6.07, 6.45) is 8.25. The van der Waals surface area contributed by atoms with Crippen LogP contribution in [0.2, 0.25) is 0 Å². The molecule has 2 fully saturated rings. The van der Waals surface area contributed by atoms with Crippen LogP contribution in [0.15, 0.2) is 24.3 Å². The molecule has 5 nitrogen and oxygen atoms in total. The van der Waals surface area contributed by atoms with E-state index in [0.717, 1.165) is 24.0 Å². The monoisotopic (exact) mass is 348 g/mol. The number of cyclic esters (lactones) is 2. The smallest absolute Gasteiger partial charge is 0.338 e. The largest absolute Gasteiger partial charge is 0.462 e. The van der Waals surface area contributed by atoms with Gasteiger partial charge in [0.1, 0.15) is 0 Å². The highest BCUT2D eigenvalue weighted by atomic mass is 16.6. The minimum atomic E-state index is -0.579. The van der Waals surface area contributed by atoms with Gasteiger partial charge in [-0.05, 0) is 48.9 Å². The SMILES string of the molecule is C=C(CC(C)(C)C)C(=O)OCC1CC2CCC1C2.O=C1C=CC(=O)O1. The summed E-state index contributed by atoms with van der Waals surface area (Å²) < 4.78 is 9.42. The lowest BCUT2D eigenvalue weighted by atomic mass is 9.88. The third kappa shape index (κ3) is 6.15. The van der Waals surface area contributed by atoms with Gasteiger partial charge in [0, 0.05) is 17.7 Å². The lowest BCUT2D eigenvalue weighted by Crippen LogP contribution is -2.21. The molecular weight excluding hydrogens is 320 g/mol. The zero-order valence-corrected chi connectivity index (χ0v) is 15.4. The fraction of sp³-hybridized carbons (Fsp3) is 0.650. The number of hydrogen-bond donors (Lipinski definition) is 0. The topological polar surface area (TPSA) is 69.7 Å². The Morgan fingerprint density at radius 2 is 1.84 bits per heavy atom. The Hall–Kier alpha value is -1.91. The van der Waals surface area contributed by atoms with E-state index in [4.69, 9.17) is 4.74 Å². The first kappa shape index (κ1) is 19.4. The van der Waals surface area contributed by atoms with Crippen LogP contribution in [-0.4, -0.2) is 24.5 Å². The number of rotatable bonds is 4. The Morgan fingerprint density at radius 3 is 2.24 bits per heavy atom. The molecule has 3 rings (SSSR count). The second kappa shape index (κ2) is 7.98. The molecule has 2 aliphatic carbocycles. The summed E-state index contributed by atoms with van der Waals surface area (Å²) in [5, 5.41) is 0. The summed E-state index contributed by atoms with van der Waals surface area (Å²) in [5.41, 5.74) is 0.716.